The summed E-state index contributed by atoms with van der Waals surface area (Å²) in [6.07, 6.45) is 6.25. The molecule has 2 N–H and O–H groups in total. The van der Waals surface area contributed by atoms with Crippen molar-refractivity contribution in [3.63, 3.8) is 0 Å². The minimum absolute atomic E-state index is 0.00174. The fourth-order valence-electron chi connectivity index (χ4n) is 3.34. The molecule has 2 unspecified atom stereocenters. The number of nitrogens with zero attached hydrogens (tertiary/aromatic N) is 2. The van der Waals surface area contributed by atoms with Gasteiger partial charge in [0.2, 0.25) is 0 Å². The van der Waals surface area contributed by atoms with E-state index in [4.69, 9.17) is 4.42 Å². The number of amides is 1. The average Bonchev–Trinajstić information content (AvgIpc) is 3.23. The molecular weight excluding hydrogens is 306 g/mol. The molecule has 2 aromatic rings. The lowest BCUT2D eigenvalue weighted by atomic mass is 10.0. The summed E-state index contributed by atoms with van der Waals surface area (Å²) >= 11 is 0. The van der Waals surface area contributed by atoms with Crippen molar-refractivity contribution in [2.24, 2.45) is 0 Å². The van der Waals surface area contributed by atoms with Gasteiger partial charge in [0.15, 0.2) is 0 Å². The quantitative estimate of drug-likeness (QED) is 0.882. The number of hydrogen-bond donors (Lipinski definition) is 2. The summed E-state index contributed by atoms with van der Waals surface area (Å²) in [5.74, 6) is 0.504. The second kappa shape index (κ2) is 7.66. The number of aliphatic hydroxyl groups is 1. The summed E-state index contributed by atoms with van der Waals surface area (Å²) in [7, 11) is 0. The highest BCUT2D eigenvalue weighted by atomic mass is 16.4. The first kappa shape index (κ1) is 16.8. The molecule has 2 atom stereocenters. The van der Waals surface area contributed by atoms with E-state index in [-0.39, 0.29) is 11.9 Å². The number of carbonyl (C=O) groups is 1. The highest BCUT2D eigenvalue weighted by Gasteiger charge is 2.30. The molecule has 0 aromatic carbocycles. The largest absolute Gasteiger partial charge is 0.467 e. The fourth-order valence-corrected chi connectivity index (χ4v) is 3.34. The van der Waals surface area contributed by atoms with Gasteiger partial charge in [-0.05, 0) is 37.5 Å². The molecule has 0 saturated carbocycles. The second-order valence-electron chi connectivity index (χ2n) is 6.40. The Hall–Kier alpha value is -2.08. The molecule has 1 aliphatic heterocycles. The van der Waals surface area contributed by atoms with Gasteiger partial charge in [-0.15, -0.1) is 0 Å². The molecule has 3 heterocycles. The van der Waals surface area contributed by atoms with Crippen molar-refractivity contribution in [1.29, 1.82) is 0 Å². The maximum Gasteiger partial charge on any atom is 0.274 e. The molecule has 24 heavy (non-hydrogen) atoms. The Kier molecular flexibility index (Phi) is 5.35. The van der Waals surface area contributed by atoms with Crippen LogP contribution in [0.3, 0.4) is 0 Å². The van der Waals surface area contributed by atoms with Gasteiger partial charge in [0, 0.05) is 24.7 Å². The van der Waals surface area contributed by atoms with Crippen molar-refractivity contribution >= 4 is 5.91 Å². The Morgan fingerprint density at radius 1 is 1.50 bits per heavy atom. The molecule has 0 aliphatic carbocycles. The van der Waals surface area contributed by atoms with Crippen molar-refractivity contribution in [2.45, 2.75) is 57.6 Å². The molecule has 1 aliphatic rings. The number of likely N-dealkylation sites (tertiary alicyclic amines) is 1. The summed E-state index contributed by atoms with van der Waals surface area (Å²) in [6.45, 7) is 2.74. The summed E-state index contributed by atoms with van der Waals surface area (Å²) in [4.78, 5) is 14.8. The van der Waals surface area contributed by atoms with Gasteiger partial charge in [-0.3, -0.25) is 9.89 Å². The molecule has 1 fully saturated rings. The highest BCUT2D eigenvalue weighted by molar-refractivity contribution is 5.92. The van der Waals surface area contributed by atoms with Crippen LogP contribution in [0, 0.1) is 0 Å². The lowest BCUT2D eigenvalue weighted by Gasteiger charge is -2.30. The number of aromatic nitrogens is 2. The number of rotatable bonds is 5. The van der Waals surface area contributed by atoms with E-state index >= 15 is 0 Å². The van der Waals surface area contributed by atoms with Crippen LogP contribution in [0.4, 0.5) is 0 Å². The van der Waals surface area contributed by atoms with Crippen molar-refractivity contribution in [2.75, 3.05) is 6.54 Å². The fraction of sp³-hybridized carbons (Fsp3) is 0.556. The third-order valence-corrected chi connectivity index (χ3v) is 4.74. The number of aryl methyl sites for hydroxylation is 1. The number of aliphatic hydroxyl groups excluding tert-OH is 1. The second-order valence-corrected chi connectivity index (χ2v) is 6.40. The SMILES string of the molecule is CCc1cc(C(=O)N2CCCCCC2CC(O)c2ccco2)n[nH]1. The summed E-state index contributed by atoms with van der Waals surface area (Å²) < 4.78 is 5.30. The molecule has 1 saturated heterocycles. The number of aromatic amines is 1. The summed E-state index contributed by atoms with van der Waals surface area (Å²) in [5.41, 5.74) is 1.42. The molecule has 6 nitrogen and oxygen atoms in total. The van der Waals surface area contributed by atoms with Crippen LogP contribution in [0.2, 0.25) is 0 Å². The minimum atomic E-state index is -0.691. The van der Waals surface area contributed by atoms with Gasteiger partial charge in [0.1, 0.15) is 17.6 Å². The van der Waals surface area contributed by atoms with Gasteiger partial charge in [0.05, 0.1) is 6.26 Å². The lowest BCUT2D eigenvalue weighted by Crippen LogP contribution is -2.41. The smallest absolute Gasteiger partial charge is 0.274 e. The van der Waals surface area contributed by atoms with Crippen LogP contribution < -0.4 is 0 Å². The molecule has 0 spiro atoms. The molecule has 0 bridgehead atoms. The van der Waals surface area contributed by atoms with E-state index in [9.17, 15) is 9.90 Å². The third-order valence-electron chi connectivity index (χ3n) is 4.74. The number of furan rings is 1. The summed E-state index contributed by atoms with van der Waals surface area (Å²) in [5, 5.41) is 17.5. The molecule has 6 heteroatoms. The zero-order valence-electron chi connectivity index (χ0n) is 14.1. The maximum absolute atomic E-state index is 12.9. The first-order valence-electron chi connectivity index (χ1n) is 8.75. The van der Waals surface area contributed by atoms with E-state index in [1.165, 1.54) is 0 Å². The summed E-state index contributed by atoms with van der Waals surface area (Å²) in [6, 6.07) is 5.37. The molecular formula is C18H25N3O3. The Bertz CT molecular complexity index is 650. The van der Waals surface area contributed by atoms with Crippen LogP contribution in [0.1, 0.15) is 67.1 Å². The number of carbonyl (C=O) groups excluding carboxylic acids is 1. The standard InChI is InChI=1S/C18H25N3O3/c1-2-13-11-15(20-19-13)18(23)21-9-5-3-4-7-14(21)12-16(22)17-8-6-10-24-17/h6,8,10-11,14,16,22H,2-5,7,9,12H2,1H3,(H,19,20). The van der Waals surface area contributed by atoms with Crippen molar-refractivity contribution < 1.29 is 14.3 Å². The van der Waals surface area contributed by atoms with E-state index in [2.05, 4.69) is 10.2 Å². The third kappa shape index (κ3) is 3.70. The Balaban J connectivity index is 1.75. The maximum atomic E-state index is 12.9. The van der Waals surface area contributed by atoms with Gasteiger partial charge >= 0.3 is 0 Å². The molecule has 3 rings (SSSR count). The van der Waals surface area contributed by atoms with Crippen LogP contribution in [0.15, 0.2) is 28.9 Å². The van der Waals surface area contributed by atoms with Crippen LogP contribution in [0.25, 0.3) is 0 Å². The number of hydrogen-bond acceptors (Lipinski definition) is 4. The van der Waals surface area contributed by atoms with Crippen molar-refractivity contribution in [1.82, 2.24) is 15.1 Å². The zero-order valence-corrected chi connectivity index (χ0v) is 14.1. The Morgan fingerprint density at radius 3 is 3.08 bits per heavy atom. The predicted octanol–water partition coefficient (Wildman–Crippen LogP) is 3.07. The Labute approximate surface area is 141 Å². The Morgan fingerprint density at radius 2 is 2.38 bits per heavy atom. The van der Waals surface area contributed by atoms with E-state index < -0.39 is 6.10 Å². The molecule has 0 radical (unpaired) electrons. The van der Waals surface area contributed by atoms with Crippen molar-refractivity contribution in [3.8, 4) is 0 Å². The average molecular weight is 331 g/mol. The molecule has 1 amide bonds. The van der Waals surface area contributed by atoms with Gasteiger partial charge in [-0.1, -0.05) is 19.8 Å². The van der Waals surface area contributed by atoms with E-state index in [0.29, 0.717) is 24.4 Å². The number of H-pyrrole nitrogens is 1. The predicted molar refractivity (Wildman–Crippen MR) is 89.5 cm³/mol. The van der Waals surface area contributed by atoms with Crippen LogP contribution >= 0.6 is 0 Å². The van der Waals surface area contributed by atoms with Gasteiger partial charge in [0.25, 0.3) is 5.91 Å². The van der Waals surface area contributed by atoms with Crippen molar-refractivity contribution in [3.05, 3.63) is 41.6 Å². The topological polar surface area (TPSA) is 82.4 Å². The van der Waals surface area contributed by atoms with E-state index in [1.807, 2.05) is 17.9 Å². The van der Waals surface area contributed by atoms with Gasteiger partial charge in [-0.25, -0.2) is 0 Å². The number of nitrogens with one attached hydrogen (secondary N) is 1. The highest BCUT2D eigenvalue weighted by Crippen LogP contribution is 2.27. The normalized spacial score (nSPS) is 19.9. The van der Waals surface area contributed by atoms with Crippen LogP contribution in [-0.4, -0.2) is 38.7 Å². The van der Waals surface area contributed by atoms with E-state index in [0.717, 1.165) is 37.8 Å². The minimum Gasteiger partial charge on any atom is -0.467 e. The molecule has 2 aromatic heterocycles. The molecule has 130 valence electrons. The van der Waals surface area contributed by atoms with E-state index in [1.54, 1.807) is 18.4 Å². The van der Waals surface area contributed by atoms with Gasteiger partial charge < -0.3 is 14.4 Å². The first-order valence-corrected chi connectivity index (χ1v) is 8.75. The zero-order chi connectivity index (χ0) is 16.9. The van der Waals surface area contributed by atoms with Crippen LogP contribution in [0.5, 0.6) is 0 Å². The lowest BCUT2D eigenvalue weighted by molar-refractivity contribution is 0.0552. The van der Waals surface area contributed by atoms with Crippen LogP contribution in [-0.2, 0) is 6.42 Å². The first-order chi connectivity index (χ1) is 11.7. The van der Waals surface area contributed by atoms with Gasteiger partial charge in [-0.2, -0.15) is 5.10 Å². The monoisotopic (exact) mass is 331 g/mol.